The van der Waals surface area contributed by atoms with E-state index >= 15 is 0 Å². The van der Waals surface area contributed by atoms with Crippen LogP contribution in [0.1, 0.15) is 43.5 Å². The lowest BCUT2D eigenvalue weighted by atomic mass is 9.94. The molecule has 1 unspecified atom stereocenters. The molecule has 39 heavy (non-hydrogen) atoms. The molecule has 1 aliphatic heterocycles. The van der Waals surface area contributed by atoms with Crippen molar-refractivity contribution < 1.29 is 33.6 Å². The van der Waals surface area contributed by atoms with Crippen molar-refractivity contribution in [1.29, 1.82) is 0 Å². The number of aliphatic hydroxyl groups is 1. The topological polar surface area (TPSA) is 94.5 Å². The van der Waals surface area contributed by atoms with Gasteiger partial charge in [0.15, 0.2) is 11.5 Å². The van der Waals surface area contributed by atoms with Gasteiger partial charge in [-0.1, -0.05) is 12.1 Å². The molecule has 0 radical (unpaired) electrons. The standard InChI is InChI=1S/C31H33NO7/c1-7-38-23-10-8-9-22(17-23)32-28(20-11-14-25(36-5)26(16-20)37-6)27(30(34)31(32)35)29(33)21-12-13-24(19(4)15-21)39-18(2)3/h8-18,28,33H,7H2,1-6H3/b29-27-. The van der Waals surface area contributed by atoms with Crippen molar-refractivity contribution in [3.8, 4) is 23.0 Å². The lowest BCUT2D eigenvalue weighted by Gasteiger charge is -2.26. The van der Waals surface area contributed by atoms with Crippen molar-refractivity contribution in [1.82, 2.24) is 0 Å². The van der Waals surface area contributed by atoms with Crippen LogP contribution in [0.2, 0.25) is 0 Å². The van der Waals surface area contributed by atoms with Crippen LogP contribution in [-0.2, 0) is 9.59 Å². The summed E-state index contributed by atoms with van der Waals surface area (Å²) in [5, 5.41) is 11.5. The van der Waals surface area contributed by atoms with Crippen LogP contribution < -0.4 is 23.8 Å². The Balaban J connectivity index is 1.92. The Kier molecular flexibility index (Phi) is 8.14. The first-order chi connectivity index (χ1) is 18.7. The number of hydrogen-bond donors (Lipinski definition) is 1. The van der Waals surface area contributed by atoms with Gasteiger partial charge in [-0.05, 0) is 81.3 Å². The number of amides is 1. The predicted octanol–water partition coefficient (Wildman–Crippen LogP) is 5.82. The summed E-state index contributed by atoms with van der Waals surface area (Å²) in [7, 11) is 3.03. The maximum atomic E-state index is 13.6. The summed E-state index contributed by atoms with van der Waals surface area (Å²) in [6, 6.07) is 16.3. The first kappa shape index (κ1) is 27.6. The number of carbonyl (C=O) groups excluding carboxylic acids is 2. The molecule has 1 heterocycles. The molecule has 3 aromatic rings. The summed E-state index contributed by atoms with van der Waals surface area (Å²) in [6.45, 7) is 8.02. The van der Waals surface area contributed by atoms with E-state index in [2.05, 4.69) is 0 Å². The Labute approximate surface area is 228 Å². The molecule has 8 nitrogen and oxygen atoms in total. The molecular weight excluding hydrogens is 498 g/mol. The van der Waals surface area contributed by atoms with E-state index in [4.69, 9.17) is 18.9 Å². The van der Waals surface area contributed by atoms with Crippen LogP contribution >= 0.6 is 0 Å². The fourth-order valence-corrected chi connectivity index (χ4v) is 4.67. The maximum Gasteiger partial charge on any atom is 0.300 e. The molecule has 0 saturated carbocycles. The molecule has 4 rings (SSSR count). The van der Waals surface area contributed by atoms with Crippen LogP contribution in [-0.4, -0.2) is 43.7 Å². The van der Waals surface area contributed by atoms with Crippen molar-refractivity contribution >= 4 is 23.1 Å². The highest BCUT2D eigenvalue weighted by Crippen LogP contribution is 2.45. The highest BCUT2D eigenvalue weighted by molar-refractivity contribution is 6.51. The van der Waals surface area contributed by atoms with E-state index in [-0.39, 0.29) is 17.4 Å². The third-order valence-electron chi connectivity index (χ3n) is 6.39. The smallest absolute Gasteiger partial charge is 0.300 e. The number of ether oxygens (including phenoxy) is 4. The molecule has 0 aliphatic carbocycles. The van der Waals surface area contributed by atoms with Crippen LogP contribution in [0.15, 0.2) is 66.2 Å². The SMILES string of the molecule is CCOc1cccc(N2C(=O)C(=O)/C(=C(\O)c3ccc(OC(C)C)c(C)c3)C2c2ccc(OC)c(OC)c2)c1. The van der Waals surface area contributed by atoms with E-state index in [0.29, 0.717) is 46.4 Å². The fraction of sp³-hybridized carbons (Fsp3) is 0.290. The Bertz CT molecular complexity index is 1430. The normalized spacial score (nSPS) is 16.5. The highest BCUT2D eigenvalue weighted by Gasteiger charge is 2.47. The first-order valence-corrected chi connectivity index (χ1v) is 12.7. The van der Waals surface area contributed by atoms with E-state index < -0.39 is 17.7 Å². The third kappa shape index (κ3) is 5.41. The first-order valence-electron chi connectivity index (χ1n) is 12.7. The molecule has 1 aliphatic rings. The van der Waals surface area contributed by atoms with Gasteiger partial charge < -0.3 is 24.1 Å². The molecule has 1 amide bonds. The number of carbonyl (C=O) groups is 2. The number of anilines is 1. The van der Waals surface area contributed by atoms with Crippen molar-refractivity contribution in [3.05, 3.63) is 82.9 Å². The van der Waals surface area contributed by atoms with Gasteiger partial charge in [0, 0.05) is 17.3 Å². The van der Waals surface area contributed by atoms with Gasteiger partial charge in [0.25, 0.3) is 11.7 Å². The summed E-state index contributed by atoms with van der Waals surface area (Å²) >= 11 is 0. The summed E-state index contributed by atoms with van der Waals surface area (Å²) in [5.41, 5.74) is 2.17. The molecule has 0 spiro atoms. The van der Waals surface area contributed by atoms with Gasteiger partial charge in [-0.2, -0.15) is 0 Å². The molecule has 1 saturated heterocycles. The lowest BCUT2D eigenvalue weighted by Crippen LogP contribution is -2.29. The van der Waals surface area contributed by atoms with Crippen LogP contribution in [0, 0.1) is 6.92 Å². The van der Waals surface area contributed by atoms with E-state index in [1.54, 1.807) is 60.7 Å². The number of Topliss-reactive ketones (excluding diaryl/α,β-unsaturated/α-hetero) is 1. The second-order valence-corrected chi connectivity index (χ2v) is 9.36. The van der Waals surface area contributed by atoms with Gasteiger partial charge in [-0.3, -0.25) is 14.5 Å². The monoisotopic (exact) mass is 531 g/mol. The van der Waals surface area contributed by atoms with E-state index in [0.717, 1.165) is 5.56 Å². The van der Waals surface area contributed by atoms with Gasteiger partial charge in [-0.25, -0.2) is 0 Å². The number of benzene rings is 3. The zero-order valence-corrected chi connectivity index (χ0v) is 23.0. The number of rotatable bonds is 9. The van der Waals surface area contributed by atoms with Crippen molar-refractivity contribution in [2.75, 3.05) is 25.7 Å². The molecule has 1 N–H and O–H groups in total. The van der Waals surface area contributed by atoms with E-state index in [1.807, 2.05) is 27.7 Å². The van der Waals surface area contributed by atoms with Crippen LogP contribution in [0.5, 0.6) is 23.0 Å². The average molecular weight is 532 g/mol. The minimum absolute atomic E-state index is 0.0222. The van der Waals surface area contributed by atoms with Gasteiger partial charge in [0.05, 0.1) is 38.5 Å². The Morgan fingerprint density at radius 2 is 1.67 bits per heavy atom. The lowest BCUT2D eigenvalue weighted by molar-refractivity contribution is -0.132. The van der Waals surface area contributed by atoms with Crippen molar-refractivity contribution in [3.63, 3.8) is 0 Å². The number of nitrogens with zero attached hydrogens (tertiary/aromatic N) is 1. The van der Waals surface area contributed by atoms with Gasteiger partial charge in [0.1, 0.15) is 17.3 Å². The number of aliphatic hydroxyl groups excluding tert-OH is 1. The summed E-state index contributed by atoms with van der Waals surface area (Å²) in [6.07, 6.45) is -0.0222. The van der Waals surface area contributed by atoms with Crippen molar-refractivity contribution in [2.24, 2.45) is 0 Å². The second-order valence-electron chi connectivity index (χ2n) is 9.36. The third-order valence-corrected chi connectivity index (χ3v) is 6.39. The molecule has 1 fully saturated rings. The molecule has 1 atom stereocenters. The molecule has 3 aromatic carbocycles. The van der Waals surface area contributed by atoms with Crippen LogP contribution in [0.3, 0.4) is 0 Å². The molecule has 8 heteroatoms. The summed E-state index contributed by atoms with van der Waals surface area (Å²) < 4.78 is 22.3. The predicted molar refractivity (Wildman–Crippen MR) is 149 cm³/mol. The van der Waals surface area contributed by atoms with Crippen molar-refractivity contribution in [2.45, 2.75) is 39.8 Å². The number of aryl methyl sites for hydroxylation is 1. The molecule has 0 aromatic heterocycles. The van der Waals surface area contributed by atoms with Crippen LogP contribution in [0.4, 0.5) is 5.69 Å². The second kappa shape index (κ2) is 11.5. The van der Waals surface area contributed by atoms with Crippen LogP contribution in [0.25, 0.3) is 5.76 Å². The number of methoxy groups -OCH3 is 2. The Morgan fingerprint density at radius 1 is 0.949 bits per heavy atom. The minimum atomic E-state index is -0.937. The highest BCUT2D eigenvalue weighted by atomic mass is 16.5. The molecular formula is C31H33NO7. The van der Waals surface area contributed by atoms with E-state index in [9.17, 15) is 14.7 Å². The minimum Gasteiger partial charge on any atom is -0.507 e. The van der Waals surface area contributed by atoms with Gasteiger partial charge in [0.2, 0.25) is 0 Å². The van der Waals surface area contributed by atoms with Gasteiger partial charge >= 0.3 is 0 Å². The largest absolute Gasteiger partial charge is 0.507 e. The quantitative estimate of drug-likeness (QED) is 0.211. The van der Waals surface area contributed by atoms with E-state index in [1.165, 1.54) is 19.1 Å². The Hall–Kier alpha value is -4.46. The summed E-state index contributed by atoms with van der Waals surface area (Å²) in [4.78, 5) is 28.5. The molecule has 204 valence electrons. The summed E-state index contributed by atoms with van der Waals surface area (Å²) in [5.74, 6) is 0.305. The maximum absolute atomic E-state index is 13.6. The number of hydrogen-bond acceptors (Lipinski definition) is 7. The molecule has 0 bridgehead atoms. The fourth-order valence-electron chi connectivity index (χ4n) is 4.67. The number of ketones is 1. The average Bonchev–Trinajstić information content (AvgIpc) is 3.19. The van der Waals surface area contributed by atoms with Gasteiger partial charge in [-0.15, -0.1) is 0 Å². The Morgan fingerprint density at radius 3 is 2.31 bits per heavy atom. The zero-order valence-electron chi connectivity index (χ0n) is 23.0. The zero-order chi connectivity index (χ0) is 28.3.